The molecule has 0 heterocycles. The highest BCUT2D eigenvalue weighted by Gasteiger charge is 2.11. The molecular weight excluding hydrogens is 292 g/mol. The lowest BCUT2D eigenvalue weighted by molar-refractivity contribution is 0.302. The number of aliphatic hydroxyl groups is 1. The molecule has 0 amide bonds. The van der Waals surface area contributed by atoms with Crippen LogP contribution in [-0.4, -0.2) is 31.3 Å². The van der Waals surface area contributed by atoms with E-state index in [0.717, 1.165) is 23.2 Å². The highest BCUT2D eigenvalue weighted by Crippen LogP contribution is 2.28. The maximum absolute atomic E-state index is 9.05. The van der Waals surface area contributed by atoms with E-state index < -0.39 is 0 Å². The molecule has 0 saturated heterocycles. The number of likely N-dealkylation sites (N-methyl/N-ethyl adjacent to an activating group) is 1. The molecule has 2 N–H and O–H groups in total. The molecule has 1 rings (SSSR count). The third kappa shape index (κ3) is 3.97. The van der Waals surface area contributed by atoms with Crippen LogP contribution < -0.4 is 10.2 Å². The minimum absolute atomic E-state index is 0.182. The van der Waals surface area contributed by atoms with Gasteiger partial charge in [-0.15, -0.1) is 0 Å². The van der Waals surface area contributed by atoms with Gasteiger partial charge in [-0.25, -0.2) is 0 Å². The fraction of sp³-hybridized carbons (Fsp3) is 0.571. The first-order valence-corrected chi connectivity index (χ1v) is 7.31. The van der Waals surface area contributed by atoms with Crippen LogP contribution in [0.25, 0.3) is 0 Å². The van der Waals surface area contributed by atoms with E-state index in [0.29, 0.717) is 12.6 Å². The lowest BCUT2D eigenvalue weighted by Gasteiger charge is -2.24. The first kappa shape index (κ1) is 15.5. The van der Waals surface area contributed by atoms with E-state index in [1.165, 1.54) is 5.56 Å². The van der Waals surface area contributed by atoms with E-state index in [1.54, 1.807) is 0 Å². The van der Waals surface area contributed by atoms with Gasteiger partial charge >= 0.3 is 0 Å². The molecule has 0 radical (unpaired) electrons. The normalized spacial score (nSPS) is 12.5. The molecule has 1 aromatic rings. The van der Waals surface area contributed by atoms with Crippen molar-refractivity contribution in [2.45, 2.75) is 26.8 Å². The molecule has 0 saturated carbocycles. The predicted molar refractivity (Wildman–Crippen MR) is 81.2 cm³/mol. The summed E-state index contributed by atoms with van der Waals surface area (Å²) >= 11 is 3.64. The molecule has 0 aromatic heterocycles. The van der Waals surface area contributed by atoms with Gasteiger partial charge in [-0.1, -0.05) is 28.9 Å². The number of aliphatic hydroxyl groups excluding tert-OH is 1. The second-order valence-electron chi connectivity index (χ2n) is 4.29. The number of anilines is 1. The number of nitrogens with one attached hydrogen (secondary N) is 1. The zero-order chi connectivity index (χ0) is 13.5. The largest absolute Gasteiger partial charge is 0.395 e. The second kappa shape index (κ2) is 7.77. The molecule has 18 heavy (non-hydrogen) atoms. The molecule has 102 valence electrons. The van der Waals surface area contributed by atoms with Crippen LogP contribution >= 0.6 is 15.9 Å². The van der Waals surface area contributed by atoms with Gasteiger partial charge in [0, 0.05) is 29.3 Å². The molecule has 1 atom stereocenters. The fourth-order valence-electron chi connectivity index (χ4n) is 2.07. The van der Waals surface area contributed by atoms with E-state index in [4.69, 9.17) is 5.11 Å². The Morgan fingerprint density at radius 1 is 1.39 bits per heavy atom. The Kier molecular flexibility index (Phi) is 6.68. The minimum Gasteiger partial charge on any atom is -0.395 e. The summed E-state index contributed by atoms with van der Waals surface area (Å²) in [6.07, 6.45) is 0. The minimum atomic E-state index is 0.182. The Morgan fingerprint density at radius 2 is 2.11 bits per heavy atom. The third-order valence-corrected chi connectivity index (χ3v) is 3.76. The summed E-state index contributed by atoms with van der Waals surface area (Å²) in [6.45, 7) is 9.08. The van der Waals surface area contributed by atoms with Crippen LogP contribution in [-0.2, 0) is 0 Å². The summed E-state index contributed by atoms with van der Waals surface area (Å²) in [6, 6.07) is 6.73. The van der Waals surface area contributed by atoms with Crippen molar-refractivity contribution < 1.29 is 5.11 Å². The lowest BCUT2D eigenvalue weighted by Crippen LogP contribution is -2.26. The molecule has 0 fully saturated rings. The Morgan fingerprint density at radius 3 is 2.61 bits per heavy atom. The zero-order valence-corrected chi connectivity index (χ0v) is 13.0. The monoisotopic (exact) mass is 314 g/mol. The van der Waals surface area contributed by atoms with Crippen LogP contribution in [0.1, 0.15) is 32.4 Å². The molecular formula is C14H23BrN2O. The van der Waals surface area contributed by atoms with E-state index >= 15 is 0 Å². The molecule has 0 aliphatic carbocycles. The van der Waals surface area contributed by atoms with Gasteiger partial charge in [0.1, 0.15) is 0 Å². The van der Waals surface area contributed by atoms with Crippen molar-refractivity contribution >= 4 is 21.6 Å². The summed E-state index contributed by atoms with van der Waals surface area (Å²) in [5, 5.41) is 12.5. The van der Waals surface area contributed by atoms with Crippen molar-refractivity contribution in [3.05, 3.63) is 28.2 Å². The Balaban J connectivity index is 2.90. The summed E-state index contributed by atoms with van der Waals surface area (Å²) < 4.78 is 1.12. The van der Waals surface area contributed by atoms with Crippen molar-refractivity contribution in [1.82, 2.24) is 5.32 Å². The highest BCUT2D eigenvalue weighted by atomic mass is 79.9. The first-order chi connectivity index (χ1) is 8.63. The van der Waals surface area contributed by atoms with Crippen molar-refractivity contribution in [2.75, 3.05) is 31.1 Å². The van der Waals surface area contributed by atoms with Gasteiger partial charge in [0.2, 0.25) is 0 Å². The number of benzene rings is 1. The third-order valence-electron chi connectivity index (χ3n) is 3.08. The Labute approximate surface area is 118 Å². The molecule has 4 heteroatoms. The van der Waals surface area contributed by atoms with Gasteiger partial charge in [-0.3, -0.25) is 0 Å². The van der Waals surface area contributed by atoms with Crippen molar-refractivity contribution in [2.24, 2.45) is 0 Å². The summed E-state index contributed by atoms with van der Waals surface area (Å²) in [5.41, 5.74) is 2.41. The molecule has 1 aromatic carbocycles. The Hall–Kier alpha value is -0.580. The topological polar surface area (TPSA) is 35.5 Å². The standard InChI is InChI=1S/C14H23BrN2O/c1-4-16-11(3)13-7-6-12(10-14(13)15)17(5-2)8-9-18/h6-7,10-11,16,18H,4-5,8-9H2,1-3H3. The Bertz CT molecular complexity index is 371. The number of rotatable bonds is 7. The fourth-order valence-corrected chi connectivity index (χ4v) is 2.78. The van der Waals surface area contributed by atoms with Crippen LogP contribution in [0, 0.1) is 0 Å². The predicted octanol–water partition coefficient (Wildman–Crippen LogP) is 2.94. The van der Waals surface area contributed by atoms with Crippen LogP contribution in [0.5, 0.6) is 0 Å². The zero-order valence-electron chi connectivity index (χ0n) is 11.4. The molecule has 0 aliphatic heterocycles. The molecule has 0 bridgehead atoms. The summed E-state index contributed by atoms with van der Waals surface area (Å²) in [5.74, 6) is 0. The lowest BCUT2D eigenvalue weighted by atomic mass is 10.1. The van der Waals surface area contributed by atoms with Crippen molar-refractivity contribution in [3.63, 3.8) is 0 Å². The van der Waals surface area contributed by atoms with E-state index in [9.17, 15) is 0 Å². The highest BCUT2D eigenvalue weighted by molar-refractivity contribution is 9.10. The SMILES string of the molecule is CCNC(C)c1ccc(N(CC)CCO)cc1Br. The molecule has 0 aliphatic rings. The van der Waals surface area contributed by atoms with Gasteiger partial charge in [0.15, 0.2) is 0 Å². The van der Waals surface area contributed by atoms with Gasteiger partial charge < -0.3 is 15.3 Å². The van der Waals surface area contributed by atoms with E-state index in [1.807, 2.05) is 0 Å². The van der Waals surface area contributed by atoms with Crippen LogP contribution in [0.15, 0.2) is 22.7 Å². The second-order valence-corrected chi connectivity index (χ2v) is 5.14. The number of nitrogens with zero attached hydrogens (tertiary/aromatic N) is 1. The maximum atomic E-state index is 9.05. The smallest absolute Gasteiger partial charge is 0.0606 e. The van der Waals surface area contributed by atoms with Gasteiger partial charge in [-0.2, -0.15) is 0 Å². The van der Waals surface area contributed by atoms with Gasteiger partial charge in [0.05, 0.1) is 6.61 Å². The van der Waals surface area contributed by atoms with Crippen molar-refractivity contribution in [3.8, 4) is 0 Å². The average molecular weight is 315 g/mol. The van der Waals surface area contributed by atoms with Crippen LogP contribution in [0.3, 0.4) is 0 Å². The maximum Gasteiger partial charge on any atom is 0.0606 e. The van der Waals surface area contributed by atoms with E-state index in [-0.39, 0.29) is 6.61 Å². The summed E-state index contributed by atoms with van der Waals surface area (Å²) in [7, 11) is 0. The molecule has 1 unspecified atom stereocenters. The quantitative estimate of drug-likeness (QED) is 0.812. The number of hydrogen-bond donors (Lipinski definition) is 2. The number of hydrogen-bond acceptors (Lipinski definition) is 3. The first-order valence-electron chi connectivity index (χ1n) is 6.52. The summed E-state index contributed by atoms with van der Waals surface area (Å²) in [4.78, 5) is 2.16. The van der Waals surface area contributed by atoms with Gasteiger partial charge in [0.25, 0.3) is 0 Å². The number of halogens is 1. The van der Waals surface area contributed by atoms with Gasteiger partial charge in [-0.05, 0) is 38.1 Å². The van der Waals surface area contributed by atoms with Crippen molar-refractivity contribution in [1.29, 1.82) is 0 Å². The molecule has 0 spiro atoms. The van der Waals surface area contributed by atoms with Crippen LogP contribution in [0.4, 0.5) is 5.69 Å². The van der Waals surface area contributed by atoms with Crippen LogP contribution in [0.2, 0.25) is 0 Å². The average Bonchev–Trinajstić information content (AvgIpc) is 2.36. The van der Waals surface area contributed by atoms with E-state index in [2.05, 4.69) is 65.1 Å². The molecule has 3 nitrogen and oxygen atoms in total.